The highest BCUT2D eigenvalue weighted by Gasteiger charge is 2.14. The Morgan fingerprint density at radius 3 is 3.06 bits per heavy atom. The Hall–Kier alpha value is -2.04. The predicted molar refractivity (Wildman–Crippen MR) is 61.4 cm³/mol. The van der Waals surface area contributed by atoms with E-state index in [1.807, 2.05) is 13.0 Å². The number of carbonyl (C=O) groups excluding carboxylic acids is 1. The van der Waals surface area contributed by atoms with E-state index >= 15 is 0 Å². The van der Waals surface area contributed by atoms with E-state index in [-0.39, 0.29) is 5.97 Å². The Kier molecular flexibility index (Phi) is 3.27. The number of hydrogen-bond acceptors (Lipinski definition) is 4. The summed E-state index contributed by atoms with van der Waals surface area (Å²) in [6.45, 7) is 1.93. The lowest BCUT2D eigenvalue weighted by atomic mass is 10.0. The fourth-order valence-corrected chi connectivity index (χ4v) is 1.73. The molecule has 0 aromatic carbocycles. The van der Waals surface area contributed by atoms with Gasteiger partial charge in [0.1, 0.15) is 0 Å². The summed E-state index contributed by atoms with van der Waals surface area (Å²) in [5, 5.41) is 7.15. The number of hydrogen-bond donors (Lipinski definition) is 1. The molecule has 90 valence electrons. The van der Waals surface area contributed by atoms with E-state index in [9.17, 15) is 4.79 Å². The molecule has 0 saturated carbocycles. The maximum absolute atomic E-state index is 11.1. The van der Waals surface area contributed by atoms with Gasteiger partial charge in [0.15, 0.2) is 0 Å². The van der Waals surface area contributed by atoms with Gasteiger partial charge >= 0.3 is 5.97 Å². The van der Waals surface area contributed by atoms with Gasteiger partial charge in [-0.25, -0.2) is 0 Å². The first-order valence-corrected chi connectivity index (χ1v) is 5.35. The Morgan fingerprint density at radius 2 is 2.41 bits per heavy atom. The molecule has 0 amide bonds. The summed E-state index contributed by atoms with van der Waals surface area (Å²) in [4.78, 5) is 11.1. The lowest BCUT2D eigenvalue weighted by Crippen LogP contribution is -2.02. The first-order valence-electron chi connectivity index (χ1n) is 5.35. The number of aromatic amines is 1. The number of nitrogens with zero attached hydrogens (tertiary/aromatic N) is 1. The van der Waals surface area contributed by atoms with Gasteiger partial charge in [0, 0.05) is 23.2 Å². The Morgan fingerprint density at radius 1 is 1.59 bits per heavy atom. The number of H-pyrrole nitrogens is 1. The fourth-order valence-electron chi connectivity index (χ4n) is 1.73. The normalized spacial score (nSPS) is 10.5. The van der Waals surface area contributed by atoms with Crippen LogP contribution in [0.3, 0.4) is 0 Å². The highest BCUT2D eigenvalue weighted by atomic mass is 16.5. The predicted octanol–water partition coefficient (Wildman–Crippen LogP) is 2.08. The summed E-state index contributed by atoms with van der Waals surface area (Å²) in [5.74, 6) is -0.219. The summed E-state index contributed by atoms with van der Waals surface area (Å²) in [6.07, 6.45) is 4.19. The van der Waals surface area contributed by atoms with E-state index in [0.717, 1.165) is 22.5 Å². The number of nitrogens with one attached hydrogen (secondary N) is 1. The van der Waals surface area contributed by atoms with Crippen molar-refractivity contribution in [2.45, 2.75) is 19.8 Å². The van der Waals surface area contributed by atoms with Crippen LogP contribution in [0.5, 0.6) is 0 Å². The first kappa shape index (κ1) is 11.4. The largest absolute Gasteiger partial charge is 0.472 e. The molecule has 2 aromatic rings. The van der Waals surface area contributed by atoms with Crippen LogP contribution in [-0.4, -0.2) is 23.3 Å². The lowest BCUT2D eigenvalue weighted by molar-refractivity contribution is -0.140. The molecule has 0 unspecified atom stereocenters. The van der Waals surface area contributed by atoms with E-state index in [1.54, 1.807) is 12.5 Å². The van der Waals surface area contributed by atoms with Crippen LogP contribution < -0.4 is 0 Å². The number of rotatable bonds is 4. The molecule has 0 fully saturated rings. The van der Waals surface area contributed by atoms with E-state index in [2.05, 4.69) is 14.9 Å². The molecule has 0 bridgehead atoms. The van der Waals surface area contributed by atoms with Crippen molar-refractivity contribution >= 4 is 5.97 Å². The molecule has 2 aromatic heterocycles. The highest BCUT2D eigenvalue weighted by Crippen LogP contribution is 2.25. The van der Waals surface area contributed by atoms with E-state index < -0.39 is 0 Å². The maximum Gasteiger partial charge on any atom is 0.305 e. The van der Waals surface area contributed by atoms with E-state index in [4.69, 9.17) is 4.42 Å². The first-order chi connectivity index (χ1) is 8.22. The van der Waals surface area contributed by atoms with Crippen molar-refractivity contribution in [3.63, 3.8) is 0 Å². The topological polar surface area (TPSA) is 68.1 Å². The Labute approximate surface area is 98.8 Å². The van der Waals surface area contributed by atoms with E-state index in [1.165, 1.54) is 7.11 Å². The molecule has 5 heteroatoms. The SMILES string of the molecule is COC(=O)CCc1c(-c2ccoc2)n[nH]c1C. The zero-order chi connectivity index (χ0) is 12.3. The van der Waals surface area contributed by atoms with Gasteiger partial charge in [-0.1, -0.05) is 0 Å². The third-order valence-electron chi connectivity index (χ3n) is 2.68. The number of esters is 1. The summed E-state index contributed by atoms with van der Waals surface area (Å²) in [7, 11) is 1.39. The number of aryl methyl sites for hydroxylation is 1. The molecule has 0 aliphatic rings. The fraction of sp³-hybridized carbons (Fsp3) is 0.333. The van der Waals surface area contributed by atoms with Crippen LogP contribution in [0.25, 0.3) is 11.3 Å². The Bertz CT molecular complexity index is 500. The van der Waals surface area contributed by atoms with Gasteiger partial charge in [-0.2, -0.15) is 5.10 Å². The van der Waals surface area contributed by atoms with Crippen LogP contribution in [0.4, 0.5) is 0 Å². The van der Waals surface area contributed by atoms with Gasteiger partial charge in [0.05, 0.1) is 25.3 Å². The van der Waals surface area contributed by atoms with Crippen molar-refractivity contribution in [2.75, 3.05) is 7.11 Å². The molecule has 17 heavy (non-hydrogen) atoms. The molecule has 0 radical (unpaired) electrons. The van der Waals surface area contributed by atoms with E-state index in [0.29, 0.717) is 12.8 Å². The minimum Gasteiger partial charge on any atom is -0.472 e. The second-order valence-corrected chi connectivity index (χ2v) is 3.76. The van der Waals surface area contributed by atoms with Crippen LogP contribution in [0.1, 0.15) is 17.7 Å². The van der Waals surface area contributed by atoms with Crippen LogP contribution in [0.2, 0.25) is 0 Å². The molecule has 0 spiro atoms. The standard InChI is InChI=1S/C12H14N2O3/c1-8-10(3-4-11(15)16-2)12(14-13-8)9-5-6-17-7-9/h5-7H,3-4H2,1-2H3,(H,13,14). The maximum atomic E-state index is 11.1. The lowest BCUT2D eigenvalue weighted by Gasteiger charge is -2.01. The van der Waals surface area contributed by atoms with Crippen molar-refractivity contribution in [1.29, 1.82) is 0 Å². The van der Waals surface area contributed by atoms with Gasteiger partial charge in [-0.3, -0.25) is 9.89 Å². The second kappa shape index (κ2) is 4.86. The molecule has 5 nitrogen and oxygen atoms in total. The number of carbonyl (C=O) groups is 1. The average Bonchev–Trinajstić information content (AvgIpc) is 2.95. The van der Waals surface area contributed by atoms with Crippen molar-refractivity contribution in [3.05, 3.63) is 29.9 Å². The van der Waals surface area contributed by atoms with Crippen molar-refractivity contribution in [1.82, 2.24) is 10.2 Å². The third-order valence-corrected chi connectivity index (χ3v) is 2.68. The van der Waals surface area contributed by atoms with Gasteiger partial charge in [0.25, 0.3) is 0 Å². The zero-order valence-electron chi connectivity index (χ0n) is 9.82. The molecule has 0 atom stereocenters. The molecule has 0 aliphatic heterocycles. The number of ether oxygens (including phenoxy) is 1. The van der Waals surface area contributed by atoms with Crippen LogP contribution >= 0.6 is 0 Å². The van der Waals surface area contributed by atoms with Crippen molar-refractivity contribution in [3.8, 4) is 11.3 Å². The summed E-state index contributed by atoms with van der Waals surface area (Å²) < 4.78 is 9.67. The summed E-state index contributed by atoms with van der Waals surface area (Å²) >= 11 is 0. The van der Waals surface area contributed by atoms with Crippen LogP contribution in [-0.2, 0) is 16.0 Å². The highest BCUT2D eigenvalue weighted by molar-refractivity contribution is 5.70. The summed E-state index contributed by atoms with van der Waals surface area (Å²) in [5.41, 5.74) is 3.73. The van der Waals surface area contributed by atoms with Crippen LogP contribution in [0.15, 0.2) is 23.0 Å². The zero-order valence-corrected chi connectivity index (χ0v) is 9.82. The Balaban J connectivity index is 2.21. The molecular formula is C12H14N2O3. The molecule has 2 heterocycles. The van der Waals surface area contributed by atoms with Gasteiger partial charge < -0.3 is 9.15 Å². The summed E-state index contributed by atoms with van der Waals surface area (Å²) in [6, 6.07) is 1.84. The van der Waals surface area contributed by atoms with Crippen molar-refractivity contribution < 1.29 is 13.9 Å². The van der Waals surface area contributed by atoms with Crippen LogP contribution in [0, 0.1) is 6.92 Å². The van der Waals surface area contributed by atoms with Gasteiger partial charge in [0.2, 0.25) is 0 Å². The third kappa shape index (κ3) is 2.38. The molecular weight excluding hydrogens is 220 g/mol. The van der Waals surface area contributed by atoms with Crippen molar-refractivity contribution in [2.24, 2.45) is 0 Å². The minimum atomic E-state index is -0.219. The molecule has 0 saturated heterocycles. The quantitative estimate of drug-likeness (QED) is 0.822. The van der Waals surface area contributed by atoms with Gasteiger partial charge in [-0.15, -0.1) is 0 Å². The second-order valence-electron chi connectivity index (χ2n) is 3.76. The number of aromatic nitrogens is 2. The van der Waals surface area contributed by atoms with Gasteiger partial charge in [-0.05, 0) is 19.4 Å². The molecule has 2 rings (SSSR count). The minimum absolute atomic E-state index is 0.219. The number of furan rings is 1. The number of methoxy groups -OCH3 is 1. The molecule has 1 N–H and O–H groups in total. The monoisotopic (exact) mass is 234 g/mol. The molecule has 0 aliphatic carbocycles. The smallest absolute Gasteiger partial charge is 0.305 e. The average molecular weight is 234 g/mol.